The van der Waals surface area contributed by atoms with Crippen molar-refractivity contribution in [3.05, 3.63) is 33.8 Å². The molecule has 0 aliphatic carbocycles. The zero-order chi connectivity index (χ0) is 21.6. The number of methoxy groups -OCH3 is 2. The van der Waals surface area contributed by atoms with Crippen molar-refractivity contribution in [3.8, 4) is 5.75 Å². The number of halogens is 2. The van der Waals surface area contributed by atoms with E-state index in [0.717, 1.165) is 0 Å². The molecule has 7 nitrogen and oxygen atoms in total. The number of amides is 2. The number of piperidine rings is 1. The Bertz CT molecular complexity index is 804. The van der Waals surface area contributed by atoms with Crippen LogP contribution in [0.3, 0.4) is 0 Å². The van der Waals surface area contributed by atoms with Gasteiger partial charge in [0.25, 0.3) is 0 Å². The van der Waals surface area contributed by atoms with Gasteiger partial charge in [-0.25, -0.2) is 4.79 Å². The second-order valence-corrected chi connectivity index (χ2v) is 7.43. The van der Waals surface area contributed by atoms with Crippen molar-refractivity contribution in [1.82, 2.24) is 10.2 Å². The predicted octanol–water partition coefficient (Wildman–Crippen LogP) is 2.93. The number of hydrogen-bond acceptors (Lipinski definition) is 5. The Balaban J connectivity index is 1.90. The molecule has 1 unspecified atom stereocenters. The lowest BCUT2D eigenvalue weighted by atomic mass is 9.95. The number of carbonyl (C=O) groups is 3. The first-order chi connectivity index (χ1) is 13.8. The van der Waals surface area contributed by atoms with E-state index in [4.69, 9.17) is 27.9 Å². The Morgan fingerprint density at radius 1 is 1.17 bits per heavy atom. The number of ether oxygens (including phenoxy) is 2. The Morgan fingerprint density at radius 2 is 1.83 bits per heavy atom. The summed E-state index contributed by atoms with van der Waals surface area (Å²) in [5.74, 6) is -0.652. The predicted molar refractivity (Wildman–Crippen MR) is 111 cm³/mol. The Kier molecular flexibility index (Phi) is 8.34. The van der Waals surface area contributed by atoms with Crippen LogP contribution in [0, 0.1) is 5.92 Å². The third-order valence-electron chi connectivity index (χ3n) is 4.79. The van der Waals surface area contributed by atoms with Gasteiger partial charge in [0.2, 0.25) is 11.8 Å². The molecule has 0 spiro atoms. The number of esters is 1. The van der Waals surface area contributed by atoms with Crippen LogP contribution < -0.4 is 10.1 Å². The van der Waals surface area contributed by atoms with E-state index < -0.39 is 12.0 Å². The van der Waals surface area contributed by atoms with Gasteiger partial charge in [-0.1, -0.05) is 23.2 Å². The minimum Gasteiger partial charge on any atom is -0.495 e. The average molecular weight is 443 g/mol. The summed E-state index contributed by atoms with van der Waals surface area (Å²) < 4.78 is 9.70. The highest BCUT2D eigenvalue weighted by atomic mass is 35.5. The molecule has 2 amide bonds. The van der Waals surface area contributed by atoms with Gasteiger partial charge in [-0.2, -0.15) is 0 Å². The molecule has 158 valence electrons. The molecule has 1 saturated heterocycles. The van der Waals surface area contributed by atoms with Crippen LogP contribution in [-0.4, -0.2) is 56.0 Å². The monoisotopic (exact) mass is 442 g/mol. The van der Waals surface area contributed by atoms with Gasteiger partial charge in [0.1, 0.15) is 16.8 Å². The van der Waals surface area contributed by atoms with Gasteiger partial charge < -0.3 is 19.7 Å². The largest absolute Gasteiger partial charge is 0.495 e. The molecule has 0 radical (unpaired) electrons. The summed E-state index contributed by atoms with van der Waals surface area (Å²) >= 11 is 12.3. The van der Waals surface area contributed by atoms with Crippen LogP contribution in [0.1, 0.15) is 25.3 Å². The summed E-state index contributed by atoms with van der Waals surface area (Å²) in [4.78, 5) is 37.8. The minimum atomic E-state index is -0.698. The fourth-order valence-electron chi connectivity index (χ4n) is 3.03. The molecule has 9 heteroatoms. The zero-order valence-electron chi connectivity index (χ0n) is 16.5. The van der Waals surface area contributed by atoms with Gasteiger partial charge in [0.15, 0.2) is 0 Å². The van der Waals surface area contributed by atoms with E-state index in [1.54, 1.807) is 30.0 Å². The SMILES string of the molecule is COC(=O)C(C)NC(=O)C1CCN(C(=O)C=Cc2ccc(OC)c(Cl)c2Cl)CC1. The molecule has 0 bridgehead atoms. The van der Waals surface area contributed by atoms with E-state index in [1.807, 2.05) is 0 Å². The lowest BCUT2D eigenvalue weighted by Gasteiger charge is -2.31. The van der Waals surface area contributed by atoms with E-state index in [2.05, 4.69) is 10.1 Å². The molecule has 1 fully saturated rings. The van der Waals surface area contributed by atoms with E-state index in [9.17, 15) is 14.4 Å². The highest BCUT2D eigenvalue weighted by Gasteiger charge is 2.28. The summed E-state index contributed by atoms with van der Waals surface area (Å²) in [6.07, 6.45) is 4.08. The standard InChI is InChI=1S/C20H24Cl2N2O5/c1-12(20(27)29-3)23-19(26)14-8-10-24(11-9-14)16(25)7-5-13-4-6-15(28-2)18(22)17(13)21/h4-7,12,14H,8-11H2,1-3H3,(H,23,26). The Labute approximate surface area is 179 Å². The molecule has 1 aliphatic rings. The highest BCUT2D eigenvalue weighted by molar-refractivity contribution is 6.43. The number of hydrogen-bond donors (Lipinski definition) is 1. The van der Waals surface area contributed by atoms with Crippen LogP contribution >= 0.6 is 23.2 Å². The van der Waals surface area contributed by atoms with E-state index >= 15 is 0 Å². The van der Waals surface area contributed by atoms with Crippen LogP contribution in [0.25, 0.3) is 6.08 Å². The second kappa shape index (κ2) is 10.5. The van der Waals surface area contributed by atoms with Crippen molar-refractivity contribution in [2.24, 2.45) is 5.92 Å². The van der Waals surface area contributed by atoms with Crippen LogP contribution in [0.5, 0.6) is 5.75 Å². The van der Waals surface area contributed by atoms with Gasteiger partial charge in [0, 0.05) is 25.1 Å². The first kappa shape index (κ1) is 23.0. The molecule has 2 rings (SSSR count). The molecule has 1 aromatic carbocycles. The van der Waals surface area contributed by atoms with Crippen molar-refractivity contribution < 1.29 is 23.9 Å². The fourth-order valence-corrected chi connectivity index (χ4v) is 3.50. The average Bonchev–Trinajstić information content (AvgIpc) is 2.73. The molecule has 1 N–H and O–H groups in total. The molecule has 1 aliphatic heterocycles. The van der Waals surface area contributed by atoms with Crippen molar-refractivity contribution in [1.29, 1.82) is 0 Å². The first-order valence-electron chi connectivity index (χ1n) is 9.15. The smallest absolute Gasteiger partial charge is 0.328 e. The van der Waals surface area contributed by atoms with Crippen molar-refractivity contribution in [3.63, 3.8) is 0 Å². The van der Waals surface area contributed by atoms with Crippen LogP contribution in [0.15, 0.2) is 18.2 Å². The van der Waals surface area contributed by atoms with Gasteiger partial charge in [0.05, 0.1) is 19.2 Å². The van der Waals surface area contributed by atoms with Crippen LogP contribution in [-0.2, 0) is 19.1 Å². The minimum absolute atomic E-state index is 0.171. The Morgan fingerprint density at radius 3 is 2.41 bits per heavy atom. The summed E-state index contributed by atoms with van der Waals surface area (Å²) in [6, 6.07) is 2.70. The highest BCUT2D eigenvalue weighted by Crippen LogP contribution is 2.35. The van der Waals surface area contributed by atoms with Crippen molar-refractivity contribution in [2.45, 2.75) is 25.8 Å². The Hall–Kier alpha value is -2.25. The summed E-state index contributed by atoms with van der Waals surface area (Å²) in [7, 11) is 2.77. The van der Waals surface area contributed by atoms with E-state index in [1.165, 1.54) is 20.3 Å². The second-order valence-electron chi connectivity index (χ2n) is 6.67. The quantitative estimate of drug-likeness (QED) is 0.540. The maximum atomic E-state index is 12.4. The van der Waals surface area contributed by atoms with Crippen molar-refractivity contribution in [2.75, 3.05) is 27.3 Å². The lowest BCUT2D eigenvalue weighted by molar-refractivity contribution is -0.145. The summed E-state index contributed by atoms with van der Waals surface area (Å²) in [6.45, 7) is 2.47. The molecular formula is C20H24Cl2N2O5. The number of benzene rings is 1. The van der Waals surface area contributed by atoms with E-state index in [0.29, 0.717) is 42.3 Å². The topological polar surface area (TPSA) is 84.9 Å². The maximum absolute atomic E-state index is 12.4. The number of nitrogens with one attached hydrogen (secondary N) is 1. The van der Waals surface area contributed by atoms with Gasteiger partial charge in [-0.3, -0.25) is 9.59 Å². The number of likely N-dealkylation sites (tertiary alicyclic amines) is 1. The first-order valence-corrected chi connectivity index (χ1v) is 9.91. The molecule has 1 aromatic rings. The molecular weight excluding hydrogens is 419 g/mol. The molecule has 1 heterocycles. The van der Waals surface area contributed by atoms with Gasteiger partial charge in [-0.15, -0.1) is 0 Å². The summed E-state index contributed by atoms with van der Waals surface area (Å²) in [5, 5.41) is 3.24. The van der Waals surface area contributed by atoms with Gasteiger partial charge >= 0.3 is 5.97 Å². The van der Waals surface area contributed by atoms with Crippen LogP contribution in [0.4, 0.5) is 0 Å². The number of rotatable bonds is 6. The zero-order valence-corrected chi connectivity index (χ0v) is 18.0. The third-order valence-corrected chi connectivity index (χ3v) is 5.67. The fraction of sp³-hybridized carbons (Fsp3) is 0.450. The maximum Gasteiger partial charge on any atom is 0.328 e. The molecule has 1 atom stereocenters. The molecule has 29 heavy (non-hydrogen) atoms. The molecule has 0 aromatic heterocycles. The number of nitrogens with zero attached hydrogens (tertiary/aromatic N) is 1. The molecule has 0 saturated carbocycles. The summed E-state index contributed by atoms with van der Waals surface area (Å²) in [5.41, 5.74) is 0.608. The van der Waals surface area contributed by atoms with Gasteiger partial charge in [-0.05, 0) is 43.5 Å². The third kappa shape index (κ3) is 5.87. The van der Waals surface area contributed by atoms with Crippen LogP contribution in [0.2, 0.25) is 10.0 Å². The normalized spacial score (nSPS) is 15.8. The lowest BCUT2D eigenvalue weighted by Crippen LogP contribution is -2.46. The van der Waals surface area contributed by atoms with E-state index in [-0.39, 0.29) is 22.8 Å². The number of carbonyl (C=O) groups excluding carboxylic acids is 3. The van der Waals surface area contributed by atoms with Crippen molar-refractivity contribution >= 4 is 47.1 Å².